The van der Waals surface area contributed by atoms with Crippen LogP contribution in [0.5, 0.6) is 0 Å². The first kappa shape index (κ1) is 11.8. The van der Waals surface area contributed by atoms with E-state index in [0.717, 1.165) is 22.4 Å². The van der Waals surface area contributed by atoms with Gasteiger partial charge >= 0.3 is 0 Å². The number of nitrogens with one attached hydrogen (secondary N) is 1. The van der Waals surface area contributed by atoms with Crippen molar-refractivity contribution in [3.8, 4) is 0 Å². The van der Waals surface area contributed by atoms with Gasteiger partial charge in [-0.1, -0.05) is 33.6 Å². The second-order valence-corrected chi connectivity index (χ2v) is 5.50. The summed E-state index contributed by atoms with van der Waals surface area (Å²) in [5.74, 6) is 0.00708. The topological polar surface area (TPSA) is 42.2 Å². The minimum Gasteiger partial charge on any atom is -0.472 e. The number of amides is 1. The molecule has 3 nitrogen and oxygen atoms in total. The standard InChI is InChI=1S/C13H9BrClNO2/c14-13(7-1-2-18-6-7)9-3-8-4-12(17)16-11(8)5-10(9)15/h1-3,5-6,13H,4H2,(H,16,17). The van der Waals surface area contributed by atoms with Crippen LogP contribution in [0.2, 0.25) is 5.02 Å². The van der Waals surface area contributed by atoms with Crippen molar-refractivity contribution in [1.29, 1.82) is 0 Å². The maximum Gasteiger partial charge on any atom is 0.228 e. The summed E-state index contributed by atoms with van der Waals surface area (Å²) in [6.45, 7) is 0. The summed E-state index contributed by atoms with van der Waals surface area (Å²) in [7, 11) is 0. The van der Waals surface area contributed by atoms with Gasteiger partial charge in [-0.05, 0) is 23.3 Å². The lowest BCUT2D eigenvalue weighted by Crippen LogP contribution is -2.03. The lowest BCUT2D eigenvalue weighted by Gasteiger charge is -2.12. The van der Waals surface area contributed by atoms with Crippen molar-refractivity contribution in [2.45, 2.75) is 11.2 Å². The van der Waals surface area contributed by atoms with E-state index in [1.54, 1.807) is 18.6 Å². The van der Waals surface area contributed by atoms with Crippen molar-refractivity contribution in [2.75, 3.05) is 5.32 Å². The zero-order chi connectivity index (χ0) is 12.7. The molecule has 0 fully saturated rings. The maximum absolute atomic E-state index is 11.3. The number of hydrogen-bond acceptors (Lipinski definition) is 2. The Balaban J connectivity index is 2.03. The first-order chi connectivity index (χ1) is 8.65. The molecular weight excluding hydrogens is 318 g/mol. The Morgan fingerprint density at radius 3 is 3.00 bits per heavy atom. The van der Waals surface area contributed by atoms with E-state index < -0.39 is 0 Å². The van der Waals surface area contributed by atoms with Crippen LogP contribution in [-0.2, 0) is 11.2 Å². The first-order valence-corrected chi connectivity index (χ1v) is 6.73. The Kier molecular flexibility index (Phi) is 2.92. The van der Waals surface area contributed by atoms with Crippen LogP contribution in [-0.4, -0.2) is 5.91 Å². The summed E-state index contributed by atoms with van der Waals surface area (Å²) in [5, 5.41) is 3.41. The third-order valence-electron chi connectivity index (χ3n) is 2.96. The van der Waals surface area contributed by atoms with Crippen LogP contribution in [0.15, 0.2) is 35.1 Å². The van der Waals surface area contributed by atoms with E-state index in [0.29, 0.717) is 11.4 Å². The van der Waals surface area contributed by atoms with Crippen molar-refractivity contribution in [3.05, 3.63) is 52.4 Å². The van der Waals surface area contributed by atoms with Crippen LogP contribution in [0.25, 0.3) is 0 Å². The van der Waals surface area contributed by atoms with Gasteiger partial charge in [-0.2, -0.15) is 0 Å². The highest BCUT2D eigenvalue weighted by molar-refractivity contribution is 9.09. The maximum atomic E-state index is 11.3. The Morgan fingerprint density at radius 1 is 1.44 bits per heavy atom. The highest BCUT2D eigenvalue weighted by atomic mass is 79.9. The minimum atomic E-state index is -0.0373. The van der Waals surface area contributed by atoms with Gasteiger partial charge in [0.1, 0.15) is 0 Å². The number of hydrogen-bond donors (Lipinski definition) is 1. The molecule has 2 aromatic rings. The Labute approximate surface area is 117 Å². The van der Waals surface area contributed by atoms with Crippen LogP contribution in [0.1, 0.15) is 21.5 Å². The van der Waals surface area contributed by atoms with Crippen molar-refractivity contribution < 1.29 is 9.21 Å². The molecule has 0 bridgehead atoms. The van der Waals surface area contributed by atoms with Gasteiger partial charge in [-0.25, -0.2) is 0 Å². The zero-order valence-electron chi connectivity index (χ0n) is 9.24. The molecule has 92 valence electrons. The molecule has 0 saturated carbocycles. The lowest BCUT2D eigenvalue weighted by molar-refractivity contribution is -0.115. The third kappa shape index (κ3) is 1.95. The molecule has 0 spiro atoms. The molecule has 1 atom stereocenters. The van der Waals surface area contributed by atoms with E-state index in [1.165, 1.54) is 0 Å². The monoisotopic (exact) mass is 325 g/mol. The molecule has 1 aromatic heterocycles. The number of fused-ring (bicyclic) bond motifs is 1. The lowest BCUT2D eigenvalue weighted by atomic mass is 10.0. The molecule has 1 aliphatic heterocycles. The highest BCUT2D eigenvalue weighted by Crippen LogP contribution is 2.39. The number of furan rings is 1. The molecule has 0 saturated heterocycles. The highest BCUT2D eigenvalue weighted by Gasteiger charge is 2.22. The average Bonchev–Trinajstić information content (AvgIpc) is 2.94. The predicted molar refractivity (Wildman–Crippen MR) is 73.3 cm³/mol. The van der Waals surface area contributed by atoms with Crippen molar-refractivity contribution in [3.63, 3.8) is 0 Å². The summed E-state index contributed by atoms with van der Waals surface area (Å²) >= 11 is 9.85. The van der Waals surface area contributed by atoms with E-state index >= 15 is 0 Å². The van der Waals surface area contributed by atoms with E-state index in [2.05, 4.69) is 21.2 Å². The molecule has 0 aliphatic carbocycles. The summed E-state index contributed by atoms with van der Waals surface area (Å²) in [6.07, 6.45) is 3.70. The van der Waals surface area contributed by atoms with E-state index in [4.69, 9.17) is 16.0 Å². The molecule has 1 unspecified atom stereocenters. The number of carbonyl (C=O) groups excluding carboxylic acids is 1. The summed E-state index contributed by atoms with van der Waals surface area (Å²) in [6, 6.07) is 5.64. The Morgan fingerprint density at radius 2 is 2.28 bits per heavy atom. The van der Waals surface area contributed by atoms with Gasteiger partial charge in [0.05, 0.1) is 23.8 Å². The van der Waals surface area contributed by atoms with Gasteiger partial charge in [0.2, 0.25) is 5.91 Å². The minimum absolute atomic E-state index is 0.00708. The molecule has 1 amide bonds. The van der Waals surface area contributed by atoms with Gasteiger partial charge < -0.3 is 9.73 Å². The molecule has 5 heteroatoms. The molecule has 3 rings (SSSR count). The fraction of sp³-hybridized carbons (Fsp3) is 0.154. The normalized spacial score (nSPS) is 15.3. The molecule has 2 heterocycles. The van der Waals surface area contributed by atoms with Crippen LogP contribution in [0.4, 0.5) is 5.69 Å². The fourth-order valence-electron chi connectivity index (χ4n) is 2.06. The first-order valence-electron chi connectivity index (χ1n) is 5.43. The zero-order valence-corrected chi connectivity index (χ0v) is 11.6. The Bertz CT molecular complexity index is 610. The Hall–Kier alpha value is -1.26. The average molecular weight is 327 g/mol. The van der Waals surface area contributed by atoms with Crippen LogP contribution < -0.4 is 5.32 Å². The number of rotatable bonds is 2. The largest absolute Gasteiger partial charge is 0.472 e. The van der Waals surface area contributed by atoms with Crippen molar-refractivity contribution >= 4 is 39.1 Å². The third-order valence-corrected chi connectivity index (χ3v) is 4.31. The number of halogens is 2. The number of alkyl halides is 1. The van der Waals surface area contributed by atoms with Crippen LogP contribution >= 0.6 is 27.5 Å². The van der Waals surface area contributed by atoms with Crippen LogP contribution in [0.3, 0.4) is 0 Å². The summed E-state index contributed by atoms with van der Waals surface area (Å²) < 4.78 is 5.07. The van der Waals surface area contributed by atoms with E-state index in [9.17, 15) is 4.79 Å². The van der Waals surface area contributed by atoms with Gasteiger partial charge in [0.15, 0.2) is 0 Å². The smallest absolute Gasteiger partial charge is 0.228 e. The van der Waals surface area contributed by atoms with E-state index in [1.807, 2.05) is 12.1 Å². The number of carbonyl (C=O) groups is 1. The number of anilines is 1. The summed E-state index contributed by atoms with van der Waals surface area (Å²) in [4.78, 5) is 11.3. The molecule has 1 N–H and O–H groups in total. The second kappa shape index (κ2) is 4.44. The van der Waals surface area contributed by atoms with Gasteiger partial charge in [-0.3, -0.25) is 4.79 Å². The molecular formula is C13H9BrClNO2. The van der Waals surface area contributed by atoms with Gasteiger partial charge in [-0.15, -0.1) is 0 Å². The molecule has 18 heavy (non-hydrogen) atoms. The predicted octanol–water partition coefficient (Wildman–Crippen LogP) is 3.91. The number of benzene rings is 1. The molecule has 0 radical (unpaired) electrons. The van der Waals surface area contributed by atoms with Crippen molar-refractivity contribution in [1.82, 2.24) is 0 Å². The second-order valence-electron chi connectivity index (χ2n) is 4.18. The van der Waals surface area contributed by atoms with E-state index in [-0.39, 0.29) is 10.7 Å². The molecule has 1 aliphatic rings. The fourth-order valence-corrected chi connectivity index (χ4v) is 3.10. The SMILES string of the molecule is O=C1Cc2cc(C(Br)c3ccoc3)c(Cl)cc2N1. The summed E-state index contributed by atoms with van der Waals surface area (Å²) in [5.41, 5.74) is 3.72. The van der Waals surface area contributed by atoms with Crippen LogP contribution in [0, 0.1) is 0 Å². The molecule has 1 aromatic carbocycles. The van der Waals surface area contributed by atoms with Gasteiger partial charge in [0.25, 0.3) is 0 Å². The van der Waals surface area contributed by atoms with Crippen molar-refractivity contribution in [2.24, 2.45) is 0 Å². The quantitative estimate of drug-likeness (QED) is 0.850. The van der Waals surface area contributed by atoms with Gasteiger partial charge in [0, 0.05) is 16.3 Å².